The number of hydrogen-bond donors (Lipinski definition) is 2. The second-order valence-corrected chi connectivity index (χ2v) is 3.01. The van der Waals surface area contributed by atoms with Crippen LogP contribution in [0.5, 0.6) is 0 Å². The van der Waals surface area contributed by atoms with Gasteiger partial charge in [0.15, 0.2) is 0 Å². The molecule has 0 amide bonds. The van der Waals surface area contributed by atoms with E-state index in [-0.39, 0.29) is 0 Å². The van der Waals surface area contributed by atoms with Crippen LogP contribution >= 0.6 is 0 Å². The van der Waals surface area contributed by atoms with Crippen LogP contribution in [0.3, 0.4) is 0 Å². The van der Waals surface area contributed by atoms with Gasteiger partial charge < -0.3 is 11.1 Å². The van der Waals surface area contributed by atoms with Gasteiger partial charge >= 0.3 is 0 Å². The lowest BCUT2D eigenvalue weighted by Crippen LogP contribution is -2.07. The molecule has 0 aliphatic carbocycles. The molecule has 0 fully saturated rings. The van der Waals surface area contributed by atoms with Crippen LogP contribution in [-0.4, -0.2) is 16.5 Å². The highest BCUT2D eigenvalue weighted by atomic mass is 15.0. The van der Waals surface area contributed by atoms with Gasteiger partial charge in [-0.05, 0) is 13.3 Å². The van der Waals surface area contributed by atoms with Crippen LogP contribution in [0.25, 0.3) is 0 Å². The molecule has 3 N–H and O–H groups in total. The van der Waals surface area contributed by atoms with Gasteiger partial charge in [0.25, 0.3) is 0 Å². The van der Waals surface area contributed by atoms with E-state index in [1.54, 1.807) is 0 Å². The lowest BCUT2D eigenvalue weighted by atomic mass is 10.3. The van der Waals surface area contributed by atoms with Crippen molar-refractivity contribution in [3.63, 3.8) is 0 Å². The van der Waals surface area contributed by atoms with Gasteiger partial charge in [-0.25, -0.2) is 9.97 Å². The van der Waals surface area contributed by atoms with Gasteiger partial charge in [-0.1, -0.05) is 13.3 Å². The summed E-state index contributed by atoms with van der Waals surface area (Å²) in [5, 5.41) is 3.22. The van der Waals surface area contributed by atoms with Crippen molar-refractivity contribution in [2.45, 2.75) is 26.7 Å². The van der Waals surface area contributed by atoms with Crippen molar-refractivity contribution in [1.82, 2.24) is 9.97 Å². The molecule has 1 aromatic rings. The van der Waals surface area contributed by atoms with Crippen molar-refractivity contribution in [2.75, 3.05) is 17.6 Å². The normalized spacial score (nSPS) is 10.0. The lowest BCUT2D eigenvalue weighted by Gasteiger charge is -2.07. The van der Waals surface area contributed by atoms with E-state index in [1.807, 2.05) is 6.92 Å². The zero-order valence-corrected chi connectivity index (χ0v) is 8.17. The summed E-state index contributed by atoms with van der Waals surface area (Å²) >= 11 is 0. The molecule has 0 saturated heterocycles. The van der Waals surface area contributed by atoms with Gasteiger partial charge in [-0.3, -0.25) is 0 Å². The van der Waals surface area contributed by atoms with Gasteiger partial charge in [0.2, 0.25) is 0 Å². The standard InChI is InChI=1S/C9H16N4/c1-3-4-5-11-9-7(2)8(10)12-6-13-9/h6H,3-5H2,1-2H3,(H3,10,11,12,13). The Hall–Kier alpha value is -1.32. The van der Waals surface area contributed by atoms with Crippen LogP contribution in [0.1, 0.15) is 25.3 Å². The van der Waals surface area contributed by atoms with Crippen LogP contribution in [-0.2, 0) is 0 Å². The van der Waals surface area contributed by atoms with Crippen molar-refractivity contribution in [3.05, 3.63) is 11.9 Å². The number of nitrogens with one attached hydrogen (secondary N) is 1. The molecule has 0 aliphatic rings. The molecule has 0 aromatic carbocycles. The van der Waals surface area contributed by atoms with Gasteiger partial charge in [0.1, 0.15) is 18.0 Å². The van der Waals surface area contributed by atoms with E-state index in [1.165, 1.54) is 12.7 Å². The largest absolute Gasteiger partial charge is 0.383 e. The maximum atomic E-state index is 5.63. The molecule has 72 valence electrons. The Bertz CT molecular complexity index is 272. The van der Waals surface area contributed by atoms with Crippen LogP contribution in [0.15, 0.2) is 6.33 Å². The quantitative estimate of drug-likeness (QED) is 0.690. The molecule has 0 saturated carbocycles. The number of aromatic nitrogens is 2. The van der Waals surface area contributed by atoms with E-state index in [0.717, 1.165) is 24.3 Å². The number of hydrogen-bond acceptors (Lipinski definition) is 4. The van der Waals surface area contributed by atoms with Crippen LogP contribution in [0, 0.1) is 6.92 Å². The lowest BCUT2D eigenvalue weighted by molar-refractivity contribution is 0.829. The Morgan fingerprint density at radius 3 is 2.92 bits per heavy atom. The number of unbranched alkanes of at least 4 members (excludes halogenated alkanes) is 1. The van der Waals surface area contributed by atoms with Crippen molar-refractivity contribution < 1.29 is 0 Å². The van der Waals surface area contributed by atoms with E-state index in [4.69, 9.17) is 5.73 Å². The maximum absolute atomic E-state index is 5.63. The van der Waals surface area contributed by atoms with Crippen molar-refractivity contribution in [3.8, 4) is 0 Å². The zero-order valence-electron chi connectivity index (χ0n) is 8.17. The van der Waals surface area contributed by atoms with E-state index < -0.39 is 0 Å². The molecule has 0 radical (unpaired) electrons. The fraction of sp³-hybridized carbons (Fsp3) is 0.556. The molecular formula is C9H16N4. The highest BCUT2D eigenvalue weighted by molar-refractivity contribution is 5.53. The first-order chi connectivity index (χ1) is 6.25. The smallest absolute Gasteiger partial charge is 0.134 e. The van der Waals surface area contributed by atoms with Crippen LogP contribution in [0.2, 0.25) is 0 Å². The second-order valence-electron chi connectivity index (χ2n) is 3.01. The molecule has 0 atom stereocenters. The molecule has 0 bridgehead atoms. The molecule has 13 heavy (non-hydrogen) atoms. The summed E-state index contributed by atoms with van der Waals surface area (Å²) in [5.41, 5.74) is 6.56. The minimum Gasteiger partial charge on any atom is -0.383 e. The number of nitrogens with two attached hydrogens (primary N) is 1. The van der Waals surface area contributed by atoms with Crippen molar-refractivity contribution in [2.24, 2.45) is 0 Å². The van der Waals surface area contributed by atoms with Crippen LogP contribution < -0.4 is 11.1 Å². The Morgan fingerprint density at radius 2 is 2.23 bits per heavy atom. The molecular weight excluding hydrogens is 164 g/mol. The topological polar surface area (TPSA) is 63.8 Å². The summed E-state index contributed by atoms with van der Waals surface area (Å²) in [6.45, 7) is 5.01. The maximum Gasteiger partial charge on any atom is 0.134 e. The minimum absolute atomic E-state index is 0.550. The summed E-state index contributed by atoms with van der Waals surface area (Å²) in [4.78, 5) is 8.00. The van der Waals surface area contributed by atoms with Crippen molar-refractivity contribution in [1.29, 1.82) is 0 Å². The van der Waals surface area contributed by atoms with E-state index in [0.29, 0.717) is 5.82 Å². The summed E-state index contributed by atoms with van der Waals surface area (Å²) in [5.74, 6) is 1.40. The highest BCUT2D eigenvalue weighted by Crippen LogP contribution is 2.14. The summed E-state index contributed by atoms with van der Waals surface area (Å²) in [6, 6.07) is 0. The third-order valence-electron chi connectivity index (χ3n) is 1.95. The fourth-order valence-corrected chi connectivity index (χ4v) is 1.03. The first-order valence-corrected chi connectivity index (χ1v) is 4.56. The molecule has 1 rings (SSSR count). The number of anilines is 2. The summed E-state index contributed by atoms with van der Waals surface area (Å²) < 4.78 is 0. The first kappa shape index (κ1) is 9.77. The Kier molecular flexibility index (Phi) is 3.49. The van der Waals surface area contributed by atoms with E-state index in [9.17, 15) is 0 Å². The predicted molar refractivity (Wildman–Crippen MR) is 54.6 cm³/mol. The third kappa shape index (κ3) is 2.57. The average Bonchev–Trinajstić information content (AvgIpc) is 2.13. The SMILES string of the molecule is CCCCNc1ncnc(N)c1C. The Balaban J connectivity index is 2.61. The summed E-state index contributed by atoms with van der Waals surface area (Å²) in [7, 11) is 0. The van der Waals surface area contributed by atoms with Gasteiger partial charge in [0.05, 0.1) is 0 Å². The zero-order chi connectivity index (χ0) is 9.68. The number of nitrogen functional groups attached to an aromatic ring is 1. The van der Waals surface area contributed by atoms with Gasteiger partial charge in [0, 0.05) is 12.1 Å². The first-order valence-electron chi connectivity index (χ1n) is 4.56. The minimum atomic E-state index is 0.550. The van der Waals surface area contributed by atoms with E-state index in [2.05, 4.69) is 22.2 Å². The molecule has 0 spiro atoms. The highest BCUT2D eigenvalue weighted by Gasteiger charge is 2.01. The number of rotatable bonds is 4. The van der Waals surface area contributed by atoms with Gasteiger partial charge in [-0.2, -0.15) is 0 Å². The summed E-state index contributed by atoms with van der Waals surface area (Å²) in [6.07, 6.45) is 3.80. The predicted octanol–water partition coefficient (Wildman–Crippen LogP) is 1.58. The Morgan fingerprint density at radius 1 is 1.46 bits per heavy atom. The fourth-order valence-electron chi connectivity index (χ4n) is 1.03. The molecule has 4 nitrogen and oxygen atoms in total. The molecule has 4 heteroatoms. The molecule has 0 aliphatic heterocycles. The molecule has 1 heterocycles. The Labute approximate surface area is 78.6 Å². The number of nitrogens with zero attached hydrogens (tertiary/aromatic N) is 2. The van der Waals surface area contributed by atoms with Crippen molar-refractivity contribution >= 4 is 11.6 Å². The monoisotopic (exact) mass is 180 g/mol. The molecule has 0 unspecified atom stereocenters. The second kappa shape index (κ2) is 4.64. The van der Waals surface area contributed by atoms with Crippen LogP contribution in [0.4, 0.5) is 11.6 Å². The average molecular weight is 180 g/mol. The third-order valence-corrected chi connectivity index (χ3v) is 1.95. The van der Waals surface area contributed by atoms with E-state index >= 15 is 0 Å². The molecule has 1 aromatic heterocycles. The van der Waals surface area contributed by atoms with Gasteiger partial charge in [-0.15, -0.1) is 0 Å².